The summed E-state index contributed by atoms with van der Waals surface area (Å²) in [5.41, 5.74) is -11.7. The third kappa shape index (κ3) is 5.34. The molecule has 2 unspecified atom stereocenters. The monoisotopic (exact) mass is 462 g/mol. The summed E-state index contributed by atoms with van der Waals surface area (Å²) in [6.45, 7) is -2.17. The van der Waals surface area contributed by atoms with Crippen molar-refractivity contribution >= 4 is 46.6 Å². The van der Waals surface area contributed by atoms with Crippen LogP contribution in [0.3, 0.4) is 0 Å². The summed E-state index contributed by atoms with van der Waals surface area (Å²) in [5, 5.41) is 58.3. The van der Waals surface area contributed by atoms with Gasteiger partial charge in [0.2, 0.25) is 16.6 Å². The molecule has 0 aromatic carbocycles. The molecule has 0 aromatic heterocycles. The van der Waals surface area contributed by atoms with Crippen LogP contribution in [0.1, 0.15) is 33.1 Å². The maximum atomic E-state index is 13.0. The lowest BCUT2D eigenvalue weighted by Gasteiger charge is -2.36. The van der Waals surface area contributed by atoms with Crippen LogP contribution in [-0.4, -0.2) is 102 Å². The topological polar surface area (TPSA) is 258 Å². The fourth-order valence-electron chi connectivity index (χ4n) is 2.78. The van der Waals surface area contributed by atoms with Gasteiger partial charge >= 0.3 is 11.9 Å². The Morgan fingerprint density at radius 2 is 0.969 bits per heavy atom. The third-order valence-electron chi connectivity index (χ3n) is 4.51. The molecule has 0 saturated carbocycles. The number of carbonyl (C=O) groups excluding carboxylic acids is 6. The summed E-state index contributed by atoms with van der Waals surface area (Å²) in [4.78, 5) is 96.1. The van der Waals surface area contributed by atoms with Crippen molar-refractivity contribution in [1.29, 1.82) is 0 Å². The van der Waals surface area contributed by atoms with E-state index in [1.807, 2.05) is 0 Å². The summed E-state index contributed by atoms with van der Waals surface area (Å²) < 4.78 is 0. The second-order valence-electron chi connectivity index (χ2n) is 7.08. The van der Waals surface area contributed by atoms with Crippen LogP contribution in [0.5, 0.6) is 0 Å². The number of aliphatic hydroxyl groups is 4. The van der Waals surface area contributed by atoms with Crippen molar-refractivity contribution in [2.75, 3.05) is 13.2 Å². The second kappa shape index (κ2) is 10.4. The number of carboxylic acids is 2. The Kier molecular flexibility index (Phi) is 9.37. The van der Waals surface area contributed by atoms with Gasteiger partial charge in [-0.2, -0.15) is 0 Å². The molecule has 0 aliphatic heterocycles. The van der Waals surface area contributed by atoms with Gasteiger partial charge in [-0.05, 0) is 13.8 Å². The smallest absolute Gasteiger partial charge is 0.325 e. The Hall–Kier alpha value is -3.20. The number of rotatable bonds is 15. The molecule has 0 rings (SSSR count). The molecule has 6 N–H and O–H groups in total. The van der Waals surface area contributed by atoms with E-state index in [1.54, 1.807) is 0 Å². The van der Waals surface area contributed by atoms with Crippen LogP contribution in [0, 0.1) is 5.41 Å². The molecule has 0 bridgehead atoms. The lowest BCUT2D eigenvalue weighted by Crippen LogP contribution is -2.67. The summed E-state index contributed by atoms with van der Waals surface area (Å²) in [6, 6.07) is 0. The molecule has 0 radical (unpaired) electrons. The minimum absolute atomic E-state index is 0.817. The van der Waals surface area contributed by atoms with Crippen molar-refractivity contribution in [3.8, 4) is 0 Å². The number of hydrogen-bond donors (Lipinski definition) is 6. The SMILES string of the molecule is CC(=O)CC(=O)C(O)(CO)C(=O)C(CC(=O)O)(C(=O)O)C(=O)C(O)(CO)C(=O)CC(C)=O. The zero-order valence-corrected chi connectivity index (χ0v) is 17.0. The fraction of sp³-hybridized carbons (Fsp3) is 0.556. The molecule has 14 heteroatoms. The van der Waals surface area contributed by atoms with Gasteiger partial charge in [0.1, 0.15) is 11.6 Å². The molecule has 32 heavy (non-hydrogen) atoms. The minimum atomic E-state index is -4.10. The highest BCUT2D eigenvalue weighted by Crippen LogP contribution is 2.36. The van der Waals surface area contributed by atoms with Gasteiger partial charge in [-0.1, -0.05) is 0 Å². The second-order valence-corrected chi connectivity index (χ2v) is 7.08. The van der Waals surface area contributed by atoms with E-state index in [2.05, 4.69) is 0 Å². The van der Waals surface area contributed by atoms with Crippen molar-refractivity contribution in [3.63, 3.8) is 0 Å². The van der Waals surface area contributed by atoms with Gasteiger partial charge in [0.25, 0.3) is 0 Å². The van der Waals surface area contributed by atoms with Crippen molar-refractivity contribution in [3.05, 3.63) is 0 Å². The maximum absolute atomic E-state index is 13.0. The van der Waals surface area contributed by atoms with E-state index in [9.17, 15) is 63.9 Å². The standard InChI is InChI=1S/C18H22O14/c1-8(21)3-10(23)17(31,6-19)13(27)16(15(29)30,5-12(25)26)14(28)18(32,7-20)11(24)4-9(2)22/h19-20,31-32H,3-7H2,1-2H3,(H,25,26)(H,29,30). The van der Waals surface area contributed by atoms with Crippen molar-refractivity contribution in [1.82, 2.24) is 0 Å². The molecule has 0 aliphatic rings. The first-order valence-corrected chi connectivity index (χ1v) is 8.74. The molecular formula is C18H22O14. The molecule has 178 valence electrons. The van der Waals surface area contributed by atoms with Gasteiger partial charge in [0.15, 0.2) is 23.1 Å². The zero-order chi connectivity index (χ0) is 25.7. The van der Waals surface area contributed by atoms with Crippen LogP contribution in [0.25, 0.3) is 0 Å². The molecule has 0 saturated heterocycles. The van der Waals surface area contributed by atoms with Crippen LogP contribution < -0.4 is 0 Å². The van der Waals surface area contributed by atoms with Crippen LogP contribution >= 0.6 is 0 Å². The molecule has 14 nitrogen and oxygen atoms in total. The van der Waals surface area contributed by atoms with Gasteiger partial charge in [0, 0.05) is 0 Å². The van der Waals surface area contributed by atoms with Crippen LogP contribution in [0.15, 0.2) is 0 Å². The number of carbonyl (C=O) groups is 8. The average molecular weight is 462 g/mol. The molecular weight excluding hydrogens is 440 g/mol. The molecule has 0 aliphatic carbocycles. The molecule has 0 aromatic rings. The molecule has 0 spiro atoms. The first kappa shape index (κ1) is 28.8. The quantitative estimate of drug-likeness (QED) is 0.128. The number of aliphatic carboxylic acids is 2. The van der Waals surface area contributed by atoms with E-state index in [-0.39, 0.29) is 0 Å². The van der Waals surface area contributed by atoms with E-state index in [0.717, 1.165) is 13.8 Å². The fourth-order valence-corrected chi connectivity index (χ4v) is 2.78. The first-order valence-electron chi connectivity index (χ1n) is 8.74. The molecule has 0 fully saturated rings. The molecule has 2 atom stereocenters. The van der Waals surface area contributed by atoms with Crippen LogP contribution in [0.4, 0.5) is 0 Å². The minimum Gasteiger partial charge on any atom is -0.481 e. The van der Waals surface area contributed by atoms with E-state index < -0.39 is 95.7 Å². The molecule has 0 amide bonds. The van der Waals surface area contributed by atoms with Gasteiger partial charge in [-0.3, -0.25) is 38.4 Å². The molecule has 0 heterocycles. The summed E-state index contributed by atoms with van der Waals surface area (Å²) in [5.74, 6) is -15.4. The maximum Gasteiger partial charge on any atom is 0.325 e. The van der Waals surface area contributed by atoms with Gasteiger partial charge in [0.05, 0.1) is 32.5 Å². The highest BCUT2D eigenvalue weighted by atomic mass is 16.4. The summed E-state index contributed by atoms with van der Waals surface area (Å²) in [6.07, 6.45) is -4.54. The number of hydrogen-bond acceptors (Lipinski definition) is 12. The number of carboxylic acid groups (broad SMARTS) is 2. The van der Waals surface area contributed by atoms with E-state index >= 15 is 0 Å². The van der Waals surface area contributed by atoms with Crippen LogP contribution in [-0.2, 0) is 38.4 Å². The van der Waals surface area contributed by atoms with Gasteiger partial charge in [-0.15, -0.1) is 0 Å². The largest absolute Gasteiger partial charge is 0.481 e. The number of ketones is 6. The highest BCUT2D eigenvalue weighted by Gasteiger charge is 2.67. The Morgan fingerprint density at radius 3 is 1.16 bits per heavy atom. The first-order chi connectivity index (χ1) is 14.5. The van der Waals surface area contributed by atoms with Crippen LogP contribution in [0.2, 0.25) is 0 Å². The predicted molar refractivity (Wildman–Crippen MR) is 97.0 cm³/mol. The third-order valence-corrected chi connectivity index (χ3v) is 4.51. The normalized spacial score (nSPS) is 16.6. The number of Topliss-reactive ketones (excluding diaryl/α,β-unsaturated/α-hetero) is 6. The van der Waals surface area contributed by atoms with E-state index in [0.29, 0.717) is 0 Å². The van der Waals surface area contributed by atoms with Gasteiger partial charge < -0.3 is 30.6 Å². The Morgan fingerprint density at radius 1 is 0.656 bits per heavy atom. The van der Waals surface area contributed by atoms with Crippen molar-refractivity contribution in [2.24, 2.45) is 5.41 Å². The zero-order valence-electron chi connectivity index (χ0n) is 17.0. The Bertz CT molecular complexity index is 817. The average Bonchev–Trinajstić information content (AvgIpc) is 2.67. The van der Waals surface area contributed by atoms with Crippen molar-refractivity contribution < 1.29 is 69.0 Å². The Balaban J connectivity index is 7.10. The van der Waals surface area contributed by atoms with Crippen molar-refractivity contribution in [2.45, 2.75) is 44.3 Å². The van der Waals surface area contributed by atoms with E-state index in [1.165, 1.54) is 0 Å². The summed E-state index contributed by atoms with van der Waals surface area (Å²) >= 11 is 0. The highest BCUT2D eigenvalue weighted by molar-refractivity contribution is 6.35. The van der Waals surface area contributed by atoms with Gasteiger partial charge in [-0.25, -0.2) is 0 Å². The lowest BCUT2D eigenvalue weighted by atomic mass is 9.64. The number of aliphatic hydroxyl groups excluding tert-OH is 2. The predicted octanol–water partition coefficient (Wildman–Crippen LogP) is -3.79. The Labute approximate surface area is 179 Å². The van der Waals surface area contributed by atoms with E-state index in [4.69, 9.17) is 5.11 Å². The lowest BCUT2D eigenvalue weighted by molar-refractivity contribution is -0.182. The summed E-state index contributed by atoms with van der Waals surface area (Å²) in [7, 11) is 0.